The number of allylic oxidation sites excluding steroid dienone is 4. The van der Waals surface area contributed by atoms with E-state index in [-0.39, 0.29) is 11.5 Å². The fraction of sp³-hybridized carbons (Fsp3) is 0.300. The van der Waals surface area contributed by atoms with Crippen molar-refractivity contribution in [1.82, 2.24) is 0 Å². The number of fused-ring (bicyclic) bond motifs is 1. The molecule has 0 saturated heterocycles. The molecule has 3 heteroatoms. The highest BCUT2D eigenvalue weighted by atomic mass is 16.3. The highest BCUT2D eigenvalue weighted by molar-refractivity contribution is 6.17. The summed E-state index contributed by atoms with van der Waals surface area (Å²) >= 11 is 0. The van der Waals surface area contributed by atoms with Gasteiger partial charge in [0.15, 0.2) is 0 Å². The fourth-order valence-electron chi connectivity index (χ4n) is 2.45. The molecule has 0 amide bonds. The first-order chi connectivity index (χ1) is 11.0. The van der Waals surface area contributed by atoms with Crippen LogP contribution in [0.3, 0.4) is 0 Å². The molecule has 0 spiro atoms. The summed E-state index contributed by atoms with van der Waals surface area (Å²) in [5.74, 6) is -0.111. The largest absolute Gasteiger partial charge is 0.506 e. The van der Waals surface area contributed by atoms with Gasteiger partial charge in [0.25, 0.3) is 0 Å². The van der Waals surface area contributed by atoms with E-state index < -0.39 is 0 Å². The van der Waals surface area contributed by atoms with E-state index in [4.69, 9.17) is 10.8 Å². The van der Waals surface area contributed by atoms with Crippen molar-refractivity contribution in [2.45, 2.75) is 40.0 Å². The van der Waals surface area contributed by atoms with E-state index in [1.165, 1.54) is 11.6 Å². The molecule has 23 heavy (non-hydrogen) atoms. The van der Waals surface area contributed by atoms with Gasteiger partial charge in [0.05, 0.1) is 11.4 Å². The summed E-state index contributed by atoms with van der Waals surface area (Å²) in [5.41, 5.74) is 4.08. The van der Waals surface area contributed by atoms with Crippen LogP contribution in [-0.2, 0) is 6.42 Å². The third kappa shape index (κ3) is 5.06. The number of nitrogens with one attached hydrogen (secondary N) is 2. The van der Waals surface area contributed by atoms with Gasteiger partial charge in [-0.15, -0.1) is 0 Å². The van der Waals surface area contributed by atoms with Crippen LogP contribution in [0.15, 0.2) is 59.9 Å². The number of rotatable bonds is 3. The van der Waals surface area contributed by atoms with Gasteiger partial charge in [-0.3, -0.25) is 10.8 Å². The van der Waals surface area contributed by atoms with Gasteiger partial charge in [0, 0.05) is 5.56 Å². The molecule has 0 fully saturated rings. The maximum Gasteiger partial charge on any atom is 0.140 e. The lowest BCUT2D eigenvalue weighted by Crippen LogP contribution is -2.07. The quantitative estimate of drug-likeness (QED) is 0.298. The second kappa shape index (κ2) is 8.89. The molecule has 2 rings (SSSR count). The molecular weight excluding hydrogens is 284 g/mol. The van der Waals surface area contributed by atoms with Crippen molar-refractivity contribution < 1.29 is 5.11 Å². The van der Waals surface area contributed by atoms with Crippen molar-refractivity contribution in [2.75, 3.05) is 0 Å². The minimum Gasteiger partial charge on any atom is -0.506 e. The van der Waals surface area contributed by atoms with Crippen molar-refractivity contribution in [3.05, 3.63) is 71.0 Å². The minimum atomic E-state index is -0.111. The Morgan fingerprint density at radius 2 is 1.87 bits per heavy atom. The summed E-state index contributed by atoms with van der Waals surface area (Å²) in [5, 5.41) is 26.1. The van der Waals surface area contributed by atoms with Gasteiger partial charge in [-0.25, -0.2) is 0 Å². The van der Waals surface area contributed by atoms with Crippen molar-refractivity contribution in [3.63, 3.8) is 0 Å². The van der Waals surface area contributed by atoms with Crippen LogP contribution in [0.4, 0.5) is 0 Å². The Morgan fingerprint density at radius 3 is 2.52 bits per heavy atom. The predicted molar refractivity (Wildman–Crippen MR) is 98.9 cm³/mol. The van der Waals surface area contributed by atoms with E-state index in [1.54, 1.807) is 13.0 Å². The van der Waals surface area contributed by atoms with E-state index in [9.17, 15) is 5.11 Å². The van der Waals surface area contributed by atoms with Crippen molar-refractivity contribution in [3.8, 4) is 0 Å². The summed E-state index contributed by atoms with van der Waals surface area (Å²) in [4.78, 5) is 0. The molecule has 1 aromatic carbocycles. The van der Waals surface area contributed by atoms with E-state index in [2.05, 4.69) is 12.6 Å². The van der Waals surface area contributed by atoms with Gasteiger partial charge >= 0.3 is 0 Å². The Balaban J connectivity index is 0.00000127. The summed E-state index contributed by atoms with van der Waals surface area (Å²) < 4.78 is 0. The summed E-state index contributed by atoms with van der Waals surface area (Å²) in [7, 11) is 0. The lowest BCUT2D eigenvalue weighted by molar-refractivity contribution is 0.443. The third-order valence-electron chi connectivity index (χ3n) is 3.48. The highest BCUT2D eigenvalue weighted by Gasteiger charge is 2.17. The molecular formula is C20H26N2O. The zero-order valence-electron chi connectivity index (χ0n) is 14.2. The number of aliphatic hydroxyl groups is 1. The molecule has 0 aliphatic heterocycles. The molecule has 3 nitrogen and oxygen atoms in total. The summed E-state index contributed by atoms with van der Waals surface area (Å²) in [6.07, 6.45) is 5.70. The van der Waals surface area contributed by atoms with E-state index >= 15 is 0 Å². The number of hydrogen-bond donors (Lipinski definition) is 3. The first-order valence-corrected chi connectivity index (χ1v) is 8.02. The van der Waals surface area contributed by atoms with Crippen molar-refractivity contribution in [1.29, 1.82) is 10.8 Å². The van der Waals surface area contributed by atoms with Gasteiger partial charge in [-0.05, 0) is 49.5 Å². The number of aliphatic hydroxyl groups excluding tert-OH is 1. The standard InChI is InChI=1S/C18H20N2O.C2H6/c1-12(2)10-17(21)16(19)11-14-8-5-7-13-6-3-4-9-15(13)18(14)20;1-2/h3-4,6,9-11,19-21H,1,5,7-8H2,2H3;1-2H3/b14-11-,17-10-,19-16?,20-18?;. The Bertz CT molecular complexity index is 666. The molecule has 1 aliphatic carbocycles. The normalized spacial score (nSPS) is 16.0. The molecule has 0 saturated carbocycles. The lowest BCUT2D eigenvalue weighted by Gasteiger charge is -2.08. The zero-order chi connectivity index (χ0) is 17.4. The molecule has 0 bridgehead atoms. The summed E-state index contributed by atoms with van der Waals surface area (Å²) in [6, 6.07) is 7.92. The molecule has 3 N–H and O–H groups in total. The molecule has 0 unspecified atom stereocenters. The van der Waals surface area contributed by atoms with Crippen molar-refractivity contribution in [2.24, 2.45) is 0 Å². The van der Waals surface area contributed by atoms with Crippen LogP contribution >= 0.6 is 0 Å². The maximum atomic E-state index is 9.83. The Kier molecular flexibility index (Phi) is 7.20. The van der Waals surface area contributed by atoms with E-state index in [0.717, 1.165) is 30.4 Å². The van der Waals surface area contributed by atoms with Gasteiger partial charge in [-0.2, -0.15) is 0 Å². The molecule has 0 aromatic heterocycles. The van der Waals surface area contributed by atoms with Crippen LogP contribution in [0.25, 0.3) is 0 Å². The smallest absolute Gasteiger partial charge is 0.140 e. The SMILES string of the molecule is C=C(C)/C=C(\O)C(=N)/C=C1/CCCc2ccccc2C1=N.CC. The predicted octanol–water partition coefficient (Wildman–Crippen LogP) is 5.38. The van der Waals surface area contributed by atoms with Gasteiger partial charge < -0.3 is 5.11 Å². The van der Waals surface area contributed by atoms with Crippen LogP contribution in [0, 0.1) is 10.8 Å². The maximum absolute atomic E-state index is 9.83. The highest BCUT2D eigenvalue weighted by Crippen LogP contribution is 2.24. The Labute approximate surface area is 139 Å². The van der Waals surface area contributed by atoms with Gasteiger partial charge in [0.1, 0.15) is 5.76 Å². The first kappa shape index (κ1) is 18.6. The molecule has 1 aromatic rings. The second-order valence-electron chi connectivity index (χ2n) is 5.34. The molecule has 0 heterocycles. The fourth-order valence-corrected chi connectivity index (χ4v) is 2.45. The lowest BCUT2D eigenvalue weighted by atomic mass is 9.98. The van der Waals surface area contributed by atoms with Crippen LogP contribution < -0.4 is 0 Å². The average Bonchev–Trinajstić information content (AvgIpc) is 2.69. The number of aryl methyl sites for hydroxylation is 1. The first-order valence-electron chi connectivity index (χ1n) is 8.02. The molecule has 0 atom stereocenters. The van der Waals surface area contributed by atoms with Gasteiger partial charge in [-0.1, -0.05) is 50.3 Å². The topological polar surface area (TPSA) is 67.9 Å². The monoisotopic (exact) mass is 310 g/mol. The van der Waals surface area contributed by atoms with Crippen LogP contribution in [-0.4, -0.2) is 16.5 Å². The average molecular weight is 310 g/mol. The Morgan fingerprint density at radius 1 is 1.22 bits per heavy atom. The van der Waals surface area contributed by atoms with E-state index in [0.29, 0.717) is 11.3 Å². The molecule has 1 aliphatic rings. The third-order valence-corrected chi connectivity index (χ3v) is 3.48. The van der Waals surface area contributed by atoms with Crippen LogP contribution in [0.2, 0.25) is 0 Å². The number of benzene rings is 1. The van der Waals surface area contributed by atoms with Crippen molar-refractivity contribution >= 4 is 11.4 Å². The second-order valence-corrected chi connectivity index (χ2v) is 5.34. The van der Waals surface area contributed by atoms with Crippen LogP contribution in [0.5, 0.6) is 0 Å². The molecule has 122 valence electrons. The zero-order valence-corrected chi connectivity index (χ0v) is 14.2. The minimum absolute atomic E-state index is 0.0251. The Hall–Kier alpha value is -2.42. The molecule has 0 radical (unpaired) electrons. The van der Waals surface area contributed by atoms with E-state index in [1.807, 2.05) is 32.0 Å². The van der Waals surface area contributed by atoms with Crippen LogP contribution in [0.1, 0.15) is 44.7 Å². The number of hydrogen-bond acceptors (Lipinski definition) is 3. The summed E-state index contributed by atoms with van der Waals surface area (Å²) in [6.45, 7) is 9.45. The van der Waals surface area contributed by atoms with Gasteiger partial charge in [0.2, 0.25) is 0 Å².